The van der Waals surface area contributed by atoms with Crippen LogP contribution in [0.3, 0.4) is 0 Å². The van der Waals surface area contributed by atoms with Crippen molar-refractivity contribution in [2.75, 3.05) is 19.6 Å². The first kappa shape index (κ1) is 19.9. The Bertz CT molecular complexity index is 770. The van der Waals surface area contributed by atoms with Crippen molar-refractivity contribution in [1.29, 1.82) is 0 Å². The molecule has 6 heteroatoms. The van der Waals surface area contributed by atoms with Gasteiger partial charge in [-0.25, -0.2) is 0 Å². The number of piperidine rings is 1. The van der Waals surface area contributed by atoms with E-state index < -0.39 is 5.54 Å². The van der Waals surface area contributed by atoms with Gasteiger partial charge in [-0.2, -0.15) is 5.10 Å². The minimum absolute atomic E-state index is 0. The number of carbonyl (C=O) groups excluding carboxylic acids is 1. The zero-order valence-corrected chi connectivity index (χ0v) is 16.9. The number of halogens is 1. The molecular formula is C21H29ClN4O. The van der Waals surface area contributed by atoms with E-state index in [4.69, 9.17) is 0 Å². The quantitative estimate of drug-likeness (QED) is 0.878. The van der Waals surface area contributed by atoms with Gasteiger partial charge >= 0.3 is 0 Å². The number of aromatic nitrogens is 2. The first-order valence-corrected chi connectivity index (χ1v) is 9.69. The number of amides is 1. The Morgan fingerprint density at radius 3 is 2.63 bits per heavy atom. The van der Waals surface area contributed by atoms with Crippen LogP contribution >= 0.6 is 12.4 Å². The van der Waals surface area contributed by atoms with Crippen LogP contribution in [0.25, 0.3) is 0 Å². The van der Waals surface area contributed by atoms with Crippen LogP contribution in [-0.4, -0.2) is 46.3 Å². The fourth-order valence-corrected chi connectivity index (χ4v) is 4.75. The van der Waals surface area contributed by atoms with Gasteiger partial charge in [0.2, 0.25) is 0 Å². The van der Waals surface area contributed by atoms with E-state index in [2.05, 4.69) is 53.4 Å². The maximum absolute atomic E-state index is 13.7. The van der Waals surface area contributed by atoms with E-state index in [9.17, 15) is 4.79 Å². The second-order valence-electron chi connectivity index (χ2n) is 7.83. The lowest BCUT2D eigenvalue weighted by atomic mass is 9.86. The van der Waals surface area contributed by atoms with Crippen molar-refractivity contribution >= 4 is 18.3 Å². The number of rotatable bonds is 3. The summed E-state index contributed by atoms with van der Waals surface area (Å²) in [5.74, 6) is 0.665. The Morgan fingerprint density at radius 2 is 1.96 bits per heavy atom. The van der Waals surface area contributed by atoms with Gasteiger partial charge in [0.05, 0.1) is 0 Å². The SMILES string of the molecule is Cc1ccccc1C1CC(C)N(C(=O)C2(n3cccn3)CCNCC2)C1.Cl. The minimum Gasteiger partial charge on any atom is -0.337 e. The normalized spacial score (nSPS) is 24.4. The van der Waals surface area contributed by atoms with Gasteiger partial charge in [-0.1, -0.05) is 24.3 Å². The van der Waals surface area contributed by atoms with Crippen LogP contribution in [0, 0.1) is 6.92 Å². The van der Waals surface area contributed by atoms with E-state index in [-0.39, 0.29) is 24.4 Å². The highest BCUT2D eigenvalue weighted by atomic mass is 35.5. The molecule has 2 aromatic rings. The fraction of sp³-hybridized carbons (Fsp3) is 0.524. The van der Waals surface area contributed by atoms with Gasteiger partial charge in [-0.3, -0.25) is 9.48 Å². The molecule has 2 fully saturated rings. The van der Waals surface area contributed by atoms with E-state index in [1.54, 1.807) is 6.20 Å². The smallest absolute Gasteiger partial charge is 0.250 e. The van der Waals surface area contributed by atoms with Crippen molar-refractivity contribution < 1.29 is 4.79 Å². The predicted molar refractivity (Wildman–Crippen MR) is 109 cm³/mol. The molecule has 2 unspecified atom stereocenters. The number of likely N-dealkylation sites (tertiary alicyclic amines) is 1. The molecule has 5 nitrogen and oxygen atoms in total. The Kier molecular flexibility index (Phi) is 5.92. The predicted octanol–water partition coefficient (Wildman–Crippen LogP) is 3.10. The van der Waals surface area contributed by atoms with Crippen LogP contribution in [0.1, 0.15) is 43.2 Å². The van der Waals surface area contributed by atoms with Crippen molar-refractivity contribution in [1.82, 2.24) is 20.0 Å². The van der Waals surface area contributed by atoms with Gasteiger partial charge in [0, 0.05) is 30.9 Å². The molecule has 0 bridgehead atoms. The molecule has 3 heterocycles. The van der Waals surface area contributed by atoms with Crippen molar-refractivity contribution in [3.05, 3.63) is 53.9 Å². The first-order chi connectivity index (χ1) is 12.6. The van der Waals surface area contributed by atoms with E-state index in [1.807, 2.05) is 16.9 Å². The molecule has 2 atom stereocenters. The molecule has 2 aliphatic rings. The fourth-order valence-electron chi connectivity index (χ4n) is 4.75. The lowest BCUT2D eigenvalue weighted by molar-refractivity contribution is -0.143. The minimum atomic E-state index is -0.538. The second-order valence-corrected chi connectivity index (χ2v) is 7.83. The molecule has 27 heavy (non-hydrogen) atoms. The molecule has 2 saturated heterocycles. The first-order valence-electron chi connectivity index (χ1n) is 9.69. The van der Waals surface area contributed by atoms with Crippen molar-refractivity contribution in [2.24, 2.45) is 0 Å². The highest BCUT2D eigenvalue weighted by Gasteiger charge is 2.47. The topological polar surface area (TPSA) is 50.2 Å². The summed E-state index contributed by atoms with van der Waals surface area (Å²) >= 11 is 0. The van der Waals surface area contributed by atoms with Crippen LogP contribution in [0.4, 0.5) is 0 Å². The molecule has 4 rings (SSSR count). The maximum atomic E-state index is 13.7. The number of hydrogen-bond donors (Lipinski definition) is 1. The Hall–Kier alpha value is -1.85. The summed E-state index contributed by atoms with van der Waals surface area (Å²) in [7, 11) is 0. The molecular weight excluding hydrogens is 360 g/mol. The van der Waals surface area contributed by atoms with E-state index in [0.717, 1.165) is 38.9 Å². The molecule has 0 radical (unpaired) electrons. The summed E-state index contributed by atoms with van der Waals surface area (Å²) in [6.07, 6.45) is 6.35. The van der Waals surface area contributed by atoms with Crippen LogP contribution in [0.5, 0.6) is 0 Å². The molecule has 1 amide bonds. The third kappa shape index (κ3) is 3.50. The summed E-state index contributed by atoms with van der Waals surface area (Å²) in [6, 6.07) is 10.8. The summed E-state index contributed by atoms with van der Waals surface area (Å²) in [5.41, 5.74) is 2.17. The maximum Gasteiger partial charge on any atom is 0.250 e. The highest BCUT2D eigenvalue weighted by Crippen LogP contribution is 2.37. The molecule has 1 aromatic heterocycles. The standard InChI is InChI=1S/C21H28N4O.ClH/c1-16-6-3-4-7-19(16)18-14-17(2)24(15-18)20(26)21(8-11-22-12-9-21)25-13-5-10-23-25;/h3-7,10,13,17-18,22H,8-9,11-12,14-15H2,1-2H3;1H. The number of aryl methyl sites for hydroxylation is 1. The molecule has 2 aliphatic heterocycles. The van der Waals surface area contributed by atoms with Gasteiger partial charge in [0.15, 0.2) is 0 Å². The van der Waals surface area contributed by atoms with Crippen LogP contribution < -0.4 is 5.32 Å². The second kappa shape index (κ2) is 8.03. The largest absolute Gasteiger partial charge is 0.337 e. The average molecular weight is 389 g/mol. The summed E-state index contributed by atoms with van der Waals surface area (Å²) < 4.78 is 1.91. The Morgan fingerprint density at radius 1 is 1.22 bits per heavy atom. The molecule has 1 aromatic carbocycles. The number of benzene rings is 1. The highest BCUT2D eigenvalue weighted by molar-refractivity contribution is 5.85. The van der Waals surface area contributed by atoms with Crippen molar-refractivity contribution in [3.63, 3.8) is 0 Å². The Balaban J connectivity index is 0.00000210. The van der Waals surface area contributed by atoms with Crippen molar-refractivity contribution in [2.45, 2.75) is 50.6 Å². The number of nitrogens with zero attached hydrogens (tertiary/aromatic N) is 3. The zero-order valence-electron chi connectivity index (χ0n) is 16.1. The van der Waals surface area contributed by atoms with Crippen LogP contribution in [0.15, 0.2) is 42.7 Å². The third-order valence-corrected chi connectivity index (χ3v) is 6.24. The molecule has 0 spiro atoms. The van der Waals surface area contributed by atoms with E-state index >= 15 is 0 Å². The lowest BCUT2D eigenvalue weighted by Crippen LogP contribution is -2.56. The Labute approximate surface area is 167 Å². The number of carbonyl (C=O) groups is 1. The van der Waals surface area contributed by atoms with E-state index in [0.29, 0.717) is 5.92 Å². The summed E-state index contributed by atoms with van der Waals surface area (Å²) in [4.78, 5) is 15.8. The molecule has 1 N–H and O–H groups in total. The van der Waals surface area contributed by atoms with Gasteiger partial charge in [-0.15, -0.1) is 12.4 Å². The van der Waals surface area contributed by atoms with Gasteiger partial charge in [0.25, 0.3) is 5.91 Å². The number of hydrogen-bond acceptors (Lipinski definition) is 3. The van der Waals surface area contributed by atoms with E-state index in [1.165, 1.54) is 11.1 Å². The van der Waals surface area contributed by atoms with Gasteiger partial charge < -0.3 is 10.2 Å². The van der Waals surface area contributed by atoms with Gasteiger partial charge in [-0.05, 0) is 63.4 Å². The van der Waals surface area contributed by atoms with Crippen LogP contribution in [-0.2, 0) is 10.3 Å². The lowest BCUT2D eigenvalue weighted by Gasteiger charge is -2.40. The molecule has 0 saturated carbocycles. The third-order valence-electron chi connectivity index (χ3n) is 6.24. The van der Waals surface area contributed by atoms with Crippen molar-refractivity contribution in [3.8, 4) is 0 Å². The van der Waals surface area contributed by atoms with Gasteiger partial charge in [0.1, 0.15) is 5.54 Å². The average Bonchev–Trinajstić information content (AvgIpc) is 3.32. The monoisotopic (exact) mass is 388 g/mol. The van der Waals surface area contributed by atoms with Crippen LogP contribution in [0.2, 0.25) is 0 Å². The summed E-state index contributed by atoms with van der Waals surface area (Å²) in [6.45, 7) is 6.88. The summed E-state index contributed by atoms with van der Waals surface area (Å²) in [5, 5.41) is 7.85. The molecule has 0 aliphatic carbocycles. The number of nitrogens with one attached hydrogen (secondary N) is 1. The molecule has 146 valence electrons. The zero-order chi connectivity index (χ0) is 18.1.